The van der Waals surface area contributed by atoms with Gasteiger partial charge in [-0.05, 0) is 43.2 Å². The number of allylic oxidation sites excluding steroid dienone is 2. The maximum Gasteiger partial charge on any atom is 0.252 e. The molecule has 1 saturated carbocycles. The lowest BCUT2D eigenvalue weighted by Gasteiger charge is -2.44. The molecular weight excluding hydrogens is 442 g/mol. The largest absolute Gasteiger partial charge is 0.365 e. The van der Waals surface area contributed by atoms with Crippen molar-refractivity contribution in [2.45, 2.75) is 36.4 Å². The minimum atomic E-state index is -3.59. The van der Waals surface area contributed by atoms with Crippen molar-refractivity contribution in [2.75, 3.05) is 39.0 Å². The van der Waals surface area contributed by atoms with Crippen LogP contribution in [0.5, 0.6) is 0 Å². The van der Waals surface area contributed by atoms with Crippen LogP contribution in [0.25, 0.3) is 0 Å². The van der Waals surface area contributed by atoms with Gasteiger partial charge in [0, 0.05) is 38.4 Å². The molecule has 1 unspecified atom stereocenters. The van der Waals surface area contributed by atoms with Gasteiger partial charge in [0.25, 0.3) is 10.0 Å². The summed E-state index contributed by atoms with van der Waals surface area (Å²) in [5, 5.41) is 1.75. The number of hydrogen-bond acceptors (Lipinski definition) is 6. The van der Waals surface area contributed by atoms with Gasteiger partial charge in [-0.1, -0.05) is 25.1 Å². The SMILES string of the molecule is C=CC(=CC)N1CCN(S(=O)(=O)c2cccs2)CC1CN(CC1CCC1)S(C)(=O)=O. The van der Waals surface area contributed by atoms with Gasteiger partial charge in [0.15, 0.2) is 0 Å². The van der Waals surface area contributed by atoms with Gasteiger partial charge in [0.05, 0.1) is 12.3 Å². The highest BCUT2D eigenvalue weighted by atomic mass is 32.2. The van der Waals surface area contributed by atoms with Gasteiger partial charge >= 0.3 is 0 Å². The number of sulfonamides is 2. The molecule has 1 aliphatic heterocycles. The molecule has 168 valence electrons. The molecule has 10 heteroatoms. The molecule has 0 spiro atoms. The number of nitrogens with zero attached hydrogens (tertiary/aromatic N) is 3. The van der Waals surface area contributed by atoms with E-state index >= 15 is 0 Å². The van der Waals surface area contributed by atoms with Crippen LogP contribution in [0.4, 0.5) is 0 Å². The van der Waals surface area contributed by atoms with Crippen LogP contribution in [0.2, 0.25) is 0 Å². The van der Waals surface area contributed by atoms with E-state index in [0.717, 1.165) is 25.0 Å². The van der Waals surface area contributed by atoms with E-state index in [1.165, 1.54) is 26.2 Å². The summed E-state index contributed by atoms with van der Waals surface area (Å²) in [7, 11) is -6.99. The normalized spacial score (nSPS) is 22.3. The molecule has 30 heavy (non-hydrogen) atoms. The van der Waals surface area contributed by atoms with Gasteiger partial charge in [0.1, 0.15) is 4.21 Å². The van der Waals surface area contributed by atoms with Gasteiger partial charge in [0.2, 0.25) is 10.0 Å². The fourth-order valence-electron chi connectivity index (χ4n) is 4.02. The van der Waals surface area contributed by atoms with Gasteiger partial charge < -0.3 is 4.90 Å². The molecule has 0 radical (unpaired) electrons. The summed E-state index contributed by atoms with van der Waals surface area (Å²) in [5.41, 5.74) is 0.894. The Balaban J connectivity index is 1.87. The standard InChI is InChI=1S/C20H31N3O4S3/c1-4-18(5-2)23-12-11-21(30(26,27)20-10-7-13-28-20)15-19(23)16-22(29(3,24)25)14-17-8-6-9-17/h4-5,7,10,13,17,19H,1,6,8-9,11-12,14-16H2,2-3H3. The summed E-state index contributed by atoms with van der Waals surface area (Å²) in [5.74, 6) is 0.392. The third-order valence-corrected chi connectivity index (χ3v) is 10.4. The van der Waals surface area contributed by atoms with Gasteiger partial charge in [-0.2, -0.15) is 8.61 Å². The first-order valence-corrected chi connectivity index (χ1v) is 14.4. The average molecular weight is 474 g/mol. The maximum absolute atomic E-state index is 13.1. The number of hydrogen-bond donors (Lipinski definition) is 0. The summed E-state index contributed by atoms with van der Waals surface area (Å²) in [6.45, 7) is 7.62. The van der Waals surface area contributed by atoms with Crippen LogP contribution in [-0.4, -0.2) is 75.4 Å². The third-order valence-electron chi connectivity index (χ3n) is 5.94. The van der Waals surface area contributed by atoms with Crippen LogP contribution in [-0.2, 0) is 20.0 Å². The highest BCUT2D eigenvalue weighted by molar-refractivity contribution is 7.91. The quantitative estimate of drug-likeness (QED) is 0.515. The van der Waals surface area contributed by atoms with Crippen molar-refractivity contribution in [2.24, 2.45) is 5.92 Å². The summed E-state index contributed by atoms with van der Waals surface area (Å²) in [6, 6.07) is 3.06. The summed E-state index contributed by atoms with van der Waals surface area (Å²) < 4.78 is 54.5. The molecule has 1 aromatic heterocycles. The van der Waals surface area contributed by atoms with Crippen LogP contribution in [0.1, 0.15) is 26.2 Å². The molecule has 2 fully saturated rings. The van der Waals surface area contributed by atoms with Crippen LogP contribution in [0.3, 0.4) is 0 Å². The van der Waals surface area contributed by atoms with E-state index < -0.39 is 20.0 Å². The van der Waals surface area contributed by atoms with Crippen molar-refractivity contribution >= 4 is 31.4 Å². The lowest BCUT2D eigenvalue weighted by Crippen LogP contribution is -2.58. The zero-order chi connectivity index (χ0) is 21.9. The molecule has 0 amide bonds. The molecule has 1 atom stereocenters. The fourth-order valence-corrected chi connectivity index (χ4v) is 7.56. The highest BCUT2D eigenvalue weighted by Crippen LogP contribution is 2.30. The second-order valence-electron chi connectivity index (χ2n) is 7.94. The summed E-state index contributed by atoms with van der Waals surface area (Å²) >= 11 is 1.20. The minimum absolute atomic E-state index is 0.238. The van der Waals surface area contributed by atoms with Crippen molar-refractivity contribution in [3.63, 3.8) is 0 Å². The maximum atomic E-state index is 13.1. The van der Waals surface area contributed by atoms with Crippen molar-refractivity contribution < 1.29 is 16.8 Å². The molecule has 2 aliphatic rings. The van der Waals surface area contributed by atoms with Crippen LogP contribution >= 0.6 is 11.3 Å². The molecule has 2 heterocycles. The Morgan fingerprint density at radius 3 is 2.50 bits per heavy atom. The predicted molar refractivity (Wildman–Crippen MR) is 121 cm³/mol. The van der Waals surface area contributed by atoms with E-state index in [1.807, 2.05) is 13.0 Å². The zero-order valence-corrected chi connectivity index (χ0v) is 20.1. The molecular formula is C20H31N3O4S3. The van der Waals surface area contributed by atoms with Gasteiger partial charge in [-0.15, -0.1) is 11.3 Å². The van der Waals surface area contributed by atoms with Crippen molar-refractivity contribution in [1.82, 2.24) is 13.5 Å². The van der Waals surface area contributed by atoms with E-state index in [-0.39, 0.29) is 19.1 Å². The van der Waals surface area contributed by atoms with Crippen LogP contribution in [0.15, 0.2) is 46.1 Å². The van der Waals surface area contributed by atoms with Gasteiger partial charge in [-0.3, -0.25) is 0 Å². The molecule has 0 aromatic carbocycles. The van der Waals surface area contributed by atoms with E-state index in [9.17, 15) is 16.8 Å². The average Bonchev–Trinajstić information content (AvgIpc) is 3.20. The second-order valence-corrected chi connectivity index (χ2v) is 13.0. The van der Waals surface area contributed by atoms with Gasteiger partial charge in [-0.25, -0.2) is 16.8 Å². The number of piperazine rings is 1. The van der Waals surface area contributed by atoms with Crippen molar-refractivity contribution in [1.29, 1.82) is 0 Å². The zero-order valence-electron chi connectivity index (χ0n) is 17.6. The number of rotatable bonds is 9. The first-order chi connectivity index (χ1) is 14.2. The van der Waals surface area contributed by atoms with Crippen LogP contribution < -0.4 is 0 Å². The van der Waals surface area contributed by atoms with E-state index in [0.29, 0.717) is 29.8 Å². The molecule has 1 aliphatic carbocycles. The molecule has 0 N–H and O–H groups in total. The Hall–Kier alpha value is -1.20. The Morgan fingerprint density at radius 1 is 1.27 bits per heavy atom. The van der Waals surface area contributed by atoms with E-state index in [4.69, 9.17) is 0 Å². The molecule has 7 nitrogen and oxygen atoms in total. The lowest BCUT2D eigenvalue weighted by molar-refractivity contribution is 0.129. The molecule has 1 aromatic rings. The Bertz CT molecular complexity index is 967. The van der Waals surface area contributed by atoms with E-state index in [1.54, 1.807) is 23.6 Å². The monoisotopic (exact) mass is 473 g/mol. The first kappa shape index (κ1) is 23.5. The Labute approximate surface area is 184 Å². The van der Waals surface area contributed by atoms with Crippen molar-refractivity contribution in [3.8, 4) is 0 Å². The van der Waals surface area contributed by atoms with E-state index in [2.05, 4.69) is 11.5 Å². The molecule has 0 bridgehead atoms. The number of thiophene rings is 1. The molecule has 3 rings (SSSR count). The summed E-state index contributed by atoms with van der Waals surface area (Å²) in [6.07, 6.45) is 8.15. The molecule has 1 saturated heterocycles. The fraction of sp³-hybridized carbons (Fsp3) is 0.600. The lowest BCUT2D eigenvalue weighted by atomic mass is 9.85. The second kappa shape index (κ2) is 9.52. The first-order valence-electron chi connectivity index (χ1n) is 10.2. The smallest absolute Gasteiger partial charge is 0.252 e. The summed E-state index contributed by atoms with van der Waals surface area (Å²) in [4.78, 5) is 2.09. The Kier molecular flexibility index (Phi) is 7.44. The highest BCUT2D eigenvalue weighted by Gasteiger charge is 2.37. The van der Waals surface area contributed by atoms with Crippen LogP contribution in [0, 0.1) is 5.92 Å². The third kappa shape index (κ3) is 5.16. The van der Waals surface area contributed by atoms with Crippen molar-refractivity contribution in [3.05, 3.63) is 41.9 Å². The topological polar surface area (TPSA) is 78.0 Å². The minimum Gasteiger partial charge on any atom is -0.365 e. The Morgan fingerprint density at radius 2 is 2.00 bits per heavy atom. The predicted octanol–water partition coefficient (Wildman–Crippen LogP) is 2.57.